The molecular weight excluding hydrogens is 197 g/mol. The van der Waals surface area contributed by atoms with E-state index in [1.165, 1.54) is 6.92 Å². The number of rotatable bonds is 4. The molecule has 66 valence electrons. The van der Waals surface area contributed by atoms with E-state index in [2.05, 4.69) is 0 Å². The molecule has 0 heterocycles. The van der Waals surface area contributed by atoms with Gasteiger partial charge in [-0.15, -0.1) is 11.6 Å². The summed E-state index contributed by atoms with van der Waals surface area (Å²) in [7, 11) is 0. The standard InChI is InChI=1S/C6H8Cl2F2O/c1-2-6(3-7,4(8)11)5(9)10/h5H,2-3H2,1H3. The van der Waals surface area contributed by atoms with E-state index in [0.29, 0.717) is 0 Å². The lowest BCUT2D eigenvalue weighted by atomic mass is 9.90. The van der Waals surface area contributed by atoms with Crippen molar-refractivity contribution >= 4 is 28.4 Å². The fourth-order valence-electron chi connectivity index (χ4n) is 0.584. The fraction of sp³-hybridized carbons (Fsp3) is 0.833. The number of halogens is 4. The van der Waals surface area contributed by atoms with Crippen LogP contribution in [-0.2, 0) is 4.79 Å². The maximum atomic E-state index is 12.2. The fourth-order valence-corrected chi connectivity index (χ4v) is 1.36. The highest BCUT2D eigenvalue weighted by Gasteiger charge is 2.43. The Morgan fingerprint density at radius 2 is 2.09 bits per heavy atom. The van der Waals surface area contributed by atoms with Crippen LogP contribution in [0.5, 0.6) is 0 Å². The topological polar surface area (TPSA) is 17.1 Å². The molecule has 0 aromatic rings. The molecule has 0 saturated heterocycles. The van der Waals surface area contributed by atoms with E-state index in [1.807, 2.05) is 0 Å². The van der Waals surface area contributed by atoms with Crippen molar-refractivity contribution < 1.29 is 13.6 Å². The Hall–Kier alpha value is 0.110. The van der Waals surface area contributed by atoms with Crippen LogP contribution in [0.15, 0.2) is 0 Å². The van der Waals surface area contributed by atoms with Gasteiger partial charge < -0.3 is 0 Å². The van der Waals surface area contributed by atoms with Gasteiger partial charge in [-0.2, -0.15) is 0 Å². The Labute approximate surface area is 73.7 Å². The summed E-state index contributed by atoms with van der Waals surface area (Å²) < 4.78 is 24.4. The molecule has 11 heavy (non-hydrogen) atoms. The van der Waals surface area contributed by atoms with Crippen molar-refractivity contribution in [2.45, 2.75) is 19.8 Å². The summed E-state index contributed by atoms with van der Waals surface area (Å²) in [6, 6.07) is 0. The van der Waals surface area contributed by atoms with Gasteiger partial charge in [0.25, 0.3) is 6.43 Å². The van der Waals surface area contributed by atoms with Gasteiger partial charge in [-0.3, -0.25) is 4.79 Å². The van der Waals surface area contributed by atoms with Crippen LogP contribution in [0, 0.1) is 5.41 Å². The number of alkyl halides is 3. The zero-order chi connectivity index (χ0) is 9.07. The van der Waals surface area contributed by atoms with E-state index in [9.17, 15) is 13.6 Å². The minimum absolute atomic E-state index is 0.0451. The molecular formula is C6H8Cl2F2O. The maximum absolute atomic E-state index is 12.2. The molecule has 0 saturated carbocycles. The number of hydrogen-bond acceptors (Lipinski definition) is 1. The molecule has 0 aliphatic carbocycles. The normalized spacial score (nSPS) is 16.5. The van der Waals surface area contributed by atoms with Crippen LogP contribution >= 0.6 is 23.2 Å². The lowest BCUT2D eigenvalue weighted by Gasteiger charge is -2.24. The van der Waals surface area contributed by atoms with Crippen LogP contribution in [0.25, 0.3) is 0 Å². The molecule has 0 aromatic carbocycles. The van der Waals surface area contributed by atoms with Crippen LogP contribution in [0.4, 0.5) is 8.78 Å². The predicted molar refractivity (Wildman–Crippen MR) is 40.3 cm³/mol. The minimum atomic E-state index is -2.80. The molecule has 0 radical (unpaired) electrons. The quantitative estimate of drug-likeness (QED) is 0.509. The Morgan fingerprint density at radius 3 is 2.09 bits per heavy atom. The molecule has 0 amide bonds. The van der Waals surface area contributed by atoms with Crippen molar-refractivity contribution in [3.8, 4) is 0 Å². The van der Waals surface area contributed by atoms with Gasteiger partial charge in [0.1, 0.15) is 5.41 Å². The smallest absolute Gasteiger partial charge is 0.253 e. The third-order valence-corrected chi connectivity index (χ3v) is 2.53. The highest BCUT2D eigenvalue weighted by atomic mass is 35.5. The van der Waals surface area contributed by atoms with E-state index in [0.717, 1.165) is 0 Å². The summed E-state index contributed by atoms with van der Waals surface area (Å²) in [6.07, 6.45) is -2.84. The second-order valence-corrected chi connectivity index (χ2v) is 2.83. The first-order valence-electron chi connectivity index (χ1n) is 3.05. The van der Waals surface area contributed by atoms with Gasteiger partial charge in [0, 0.05) is 5.88 Å². The van der Waals surface area contributed by atoms with E-state index in [1.54, 1.807) is 0 Å². The van der Waals surface area contributed by atoms with Gasteiger partial charge in [0.05, 0.1) is 0 Å². The van der Waals surface area contributed by atoms with Crippen molar-refractivity contribution in [1.82, 2.24) is 0 Å². The summed E-state index contributed by atoms with van der Waals surface area (Å²) in [4.78, 5) is 10.6. The minimum Gasteiger partial charge on any atom is -0.280 e. The average molecular weight is 205 g/mol. The van der Waals surface area contributed by atoms with Gasteiger partial charge in [-0.1, -0.05) is 6.92 Å². The van der Waals surface area contributed by atoms with Gasteiger partial charge in [-0.25, -0.2) is 8.78 Å². The van der Waals surface area contributed by atoms with Crippen molar-refractivity contribution in [3.63, 3.8) is 0 Å². The first-order chi connectivity index (χ1) is 5.01. The second-order valence-electron chi connectivity index (χ2n) is 2.22. The van der Waals surface area contributed by atoms with Crippen molar-refractivity contribution in [2.24, 2.45) is 5.41 Å². The molecule has 1 nitrogen and oxygen atoms in total. The summed E-state index contributed by atoms with van der Waals surface area (Å²) in [5.41, 5.74) is -1.86. The molecule has 0 fully saturated rings. The van der Waals surface area contributed by atoms with Crippen molar-refractivity contribution in [3.05, 3.63) is 0 Å². The Kier molecular flexibility index (Phi) is 4.26. The third-order valence-electron chi connectivity index (χ3n) is 1.68. The molecule has 1 atom stereocenters. The van der Waals surface area contributed by atoms with Crippen LogP contribution in [0.2, 0.25) is 0 Å². The van der Waals surface area contributed by atoms with E-state index < -0.39 is 23.0 Å². The van der Waals surface area contributed by atoms with Gasteiger partial charge in [0.2, 0.25) is 5.24 Å². The highest BCUT2D eigenvalue weighted by Crippen LogP contribution is 2.33. The van der Waals surface area contributed by atoms with E-state index >= 15 is 0 Å². The van der Waals surface area contributed by atoms with Gasteiger partial charge >= 0.3 is 0 Å². The summed E-state index contributed by atoms with van der Waals surface area (Å²) in [6.45, 7) is 1.45. The maximum Gasteiger partial charge on any atom is 0.253 e. The number of carbonyl (C=O) groups is 1. The first kappa shape index (κ1) is 11.1. The van der Waals surface area contributed by atoms with Gasteiger partial charge in [-0.05, 0) is 18.0 Å². The molecule has 0 aromatic heterocycles. The average Bonchev–Trinajstić information content (AvgIpc) is 1.90. The molecule has 0 rings (SSSR count). The number of carbonyl (C=O) groups excluding carboxylic acids is 1. The Bertz CT molecular complexity index is 146. The molecule has 1 unspecified atom stereocenters. The Balaban J connectivity index is 4.61. The Morgan fingerprint density at radius 1 is 1.64 bits per heavy atom. The molecule has 0 bridgehead atoms. The highest BCUT2D eigenvalue weighted by molar-refractivity contribution is 6.65. The van der Waals surface area contributed by atoms with Crippen LogP contribution < -0.4 is 0 Å². The van der Waals surface area contributed by atoms with Crippen LogP contribution in [-0.4, -0.2) is 17.5 Å². The second kappa shape index (κ2) is 4.21. The third kappa shape index (κ3) is 2.03. The van der Waals surface area contributed by atoms with Crippen molar-refractivity contribution in [2.75, 3.05) is 5.88 Å². The van der Waals surface area contributed by atoms with Crippen LogP contribution in [0.3, 0.4) is 0 Å². The monoisotopic (exact) mass is 204 g/mol. The number of hydrogen-bond donors (Lipinski definition) is 0. The van der Waals surface area contributed by atoms with Crippen molar-refractivity contribution in [1.29, 1.82) is 0 Å². The lowest BCUT2D eigenvalue weighted by molar-refractivity contribution is -0.128. The van der Waals surface area contributed by atoms with Gasteiger partial charge in [0.15, 0.2) is 0 Å². The molecule has 0 aliphatic rings. The zero-order valence-corrected chi connectivity index (χ0v) is 7.42. The largest absolute Gasteiger partial charge is 0.280 e. The molecule has 0 aliphatic heterocycles. The lowest BCUT2D eigenvalue weighted by Crippen LogP contribution is -2.36. The summed E-state index contributed by atoms with van der Waals surface area (Å²) in [5.74, 6) is -0.441. The predicted octanol–water partition coefficient (Wildman–Crippen LogP) is 2.65. The first-order valence-corrected chi connectivity index (χ1v) is 3.96. The van der Waals surface area contributed by atoms with E-state index in [4.69, 9.17) is 23.2 Å². The molecule has 5 heteroatoms. The van der Waals surface area contributed by atoms with Crippen LogP contribution in [0.1, 0.15) is 13.3 Å². The zero-order valence-electron chi connectivity index (χ0n) is 5.91. The molecule has 0 spiro atoms. The summed E-state index contributed by atoms with van der Waals surface area (Å²) >= 11 is 10.2. The SMILES string of the molecule is CCC(CCl)(C(=O)Cl)C(F)F. The molecule has 0 N–H and O–H groups in total. The van der Waals surface area contributed by atoms with E-state index in [-0.39, 0.29) is 6.42 Å². The summed E-state index contributed by atoms with van der Waals surface area (Å²) in [5, 5.41) is -1.06.